The summed E-state index contributed by atoms with van der Waals surface area (Å²) in [6.07, 6.45) is 41.0. The maximum atomic E-state index is 12.7. The van der Waals surface area contributed by atoms with Gasteiger partial charge >= 0.3 is 17.9 Å². The number of aliphatic carboxylic acids is 1. The SMILES string of the molecule is CCCCCCCC/C=C\CCCCCCCC(=O)OC(COCCC(C(=O)O)[N+](C)(C)C)COC(=O)CCCCCCCCCCCCCCCCCC. The summed E-state index contributed by atoms with van der Waals surface area (Å²) >= 11 is 0. The first-order valence-electron chi connectivity index (χ1n) is 23.2. The van der Waals surface area contributed by atoms with Crippen molar-refractivity contribution in [2.45, 2.75) is 231 Å². The number of hydrogen-bond donors (Lipinski definition) is 1. The lowest BCUT2D eigenvalue weighted by molar-refractivity contribution is -0.887. The zero-order valence-corrected chi connectivity index (χ0v) is 36.9. The summed E-state index contributed by atoms with van der Waals surface area (Å²) in [4.78, 5) is 37.0. The minimum atomic E-state index is -0.873. The van der Waals surface area contributed by atoms with Crippen LogP contribution in [0.2, 0.25) is 0 Å². The predicted octanol–water partition coefficient (Wildman–Crippen LogP) is 12.7. The van der Waals surface area contributed by atoms with Crippen LogP contribution in [0, 0.1) is 0 Å². The summed E-state index contributed by atoms with van der Waals surface area (Å²) < 4.78 is 17.3. The van der Waals surface area contributed by atoms with Crippen molar-refractivity contribution in [3.63, 3.8) is 0 Å². The van der Waals surface area contributed by atoms with Crippen LogP contribution in [0.4, 0.5) is 0 Å². The molecule has 0 amide bonds. The van der Waals surface area contributed by atoms with Crippen molar-refractivity contribution in [3.05, 3.63) is 12.2 Å². The third kappa shape index (κ3) is 37.4. The van der Waals surface area contributed by atoms with Crippen molar-refractivity contribution < 1.29 is 38.2 Å². The molecule has 0 saturated heterocycles. The molecule has 0 aliphatic rings. The van der Waals surface area contributed by atoms with E-state index in [1.165, 1.54) is 135 Å². The van der Waals surface area contributed by atoms with E-state index in [0.717, 1.165) is 51.4 Å². The van der Waals surface area contributed by atoms with E-state index in [0.29, 0.717) is 19.3 Å². The number of ether oxygens (including phenoxy) is 3. The Hall–Kier alpha value is -1.93. The molecule has 324 valence electrons. The fourth-order valence-electron chi connectivity index (χ4n) is 7.03. The molecule has 55 heavy (non-hydrogen) atoms. The fourth-order valence-corrected chi connectivity index (χ4v) is 7.03. The monoisotopic (exact) mass is 781 g/mol. The average molecular weight is 781 g/mol. The molecule has 0 aliphatic carbocycles. The Morgan fingerprint density at radius 1 is 0.527 bits per heavy atom. The molecule has 0 radical (unpaired) electrons. The normalized spacial score (nSPS) is 13.0. The molecule has 0 spiro atoms. The maximum absolute atomic E-state index is 12.7. The van der Waals surface area contributed by atoms with Gasteiger partial charge in [0.15, 0.2) is 12.1 Å². The number of rotatable bonds is 42. The van der Waals surface area contributed by atoms with Gasteiger partial charge in [-0.2, -0.15) is 0 Å². The fraction of sp³-hybridized carbons (Fsp3) is 0.894. The number of carbonyl (C=O) groups is 3. The molecule has 0 aromatic heterocycles. The molecule has 0 fully saturated rings. The van der Waals surface area contributed by atoms with Crippen LogP contribution in [0.25, 0.3) is 0 Å². The molecule has 0 aromatic rings. The number of carbonyl (C=O) groups excluding carboxylic acids is 2. The number of hydrogen-bond acceptors (Lipinski definition) is 6. The van der Waals surface area contributed by atoms with Gasteiger partial charge in [-0.3, -0.25) is 9.59 Å². The summed E-state index contributed by atoms with van der Waals surface area (Å²) in [7, 11) is 5.53. The quantitative estimate of drug-likeness (QED) is 0.0285. The summed E-state index contributed by atoms with van der Waals surface area (Å²) in [6, 6.07) is -0.611. The van der Waals surface area contributed by atoms with E-state index in [9.17, 15) is 19.5 Å². The van der Waals surface area contributed by atoms with E-state index in [-0.39, 0.29) is 36.2 Å². The van der Waals surface area contributed by atoms with Crippen molar-refractivity contribution in [1.29, 1.82) is 0 Å². The van der Waals surface area contributed by atoms with Crippen LogP contribution in [0.5, 0.6) is 0 Å². The second-order valence-electron chi connectivity index (χ2n) is 17.0. The molecular weight excluding hydrogens is 691 g/mol. The van der Waals surface area contributed by atoms with Crippen molar-refractivity contribution in [2.24, 2.45) is 0 Å². The summed E-state index contributed by atoms with van der Waals surface area (Å²) in [5, 5.41) is 9.62. The maximum Gasteiger partial charge on any atom is 0.362 e. The van der Waals surface area contributed by atoms with Gasteiger partial charge in [0, 0.05) is 19.3 Å². The standard InChI is InChI=1S/C47H89NO7/c1-6-8-10-12-14-16-18-20-22-24-25-27-29-31-33-35-37-45(49)54-42-43(41-53-40-39-44(47(51)52)48(3,4)5)55-46(50)38-36-34-32-30-28-26-23-21-19-17-15-13-11-9-7-2/h21,23,43-44H,6-20,22,24-42H2,1-5H3/p+1/b23-21-. The summed E-state index contributed by atoms with van der Waals surface area (Å²) in [5.41, 5.74) is 0. The van der Waals surface area contributed by atoms with Crippen LogP contribution in [-0.2, 0) is 28.6 Å². The van der Waals surface area contributed by atoms with Crippen LogP contribution in [0.15, 0.2) is 12.2 Å². The Bertz CT molecular complexity index is 915. The molecule has 0 heterocycles. The number of carboxylic acids is 1. The highest BCUT2D eigenvalue weighted by molar-refractivity contribution is 5.72. The third-order valence-electron chi connectivity index (χ3n) is 10.7. The van der Waals surface area contributed by atoms with Crippen molar-refractivity contribution in [3.8, 4) is 0 Å². The molecule has 2 atom stereocenters. The molecule has 1 N–H and O–H groups in total. The second-order valence-corrected chi connectivity index (χ2v) is 17.0. The van der Waals surface area contributed by atoms with E-state index < -0.39 is 18.1 Å². The zero-order chi connectivity index (χ0) is 40.7. The molecular formula is C47H90NO7+. The van der Waals surface area contributed by atoms with Gasteiger partial charge < -0.3 is 23.8 Å². The lowest BCUT2D eigenvalue weighted by atomic mass is 10.0. The molecule has 8 heteroatoms. The largest absolute Gasteiger partial charge is 0.477 e. The molecule has 0 bridgehead atoms. The van der Waals surface area contributed by atoms with Gasteiger partial charge in [0.25, 0.3) is 0 Å². The van der Waals surface area contributed by atoms with Crippen LogP contribution in [0.3, 0.4) is 0 Å². The number of unbranched alkanes of at least 4 members (excludes halogenated alkanes) is 26. The molecule has 0 aliphatic heterocycles. The molecule has 0 aromatic carbocycles. The van der Waals surface area contributed by atoms with Crippen LogP contribution in [0.1, 0.15) is 219 Å². The Kier molecular flexibility index (Phi) is 37.6. The van der Waals surface area contributed by atoms with Gasteiger partial charge in [0.2, 0.25) is 0 Å². The van der Waals surface area contributed by atoms with Crippen molar-refractivity contribution >= 4 is 17.9 Å². The highest BCUT2D eigenvalue weighted by atomic mass is 16.6. The van der Waals surface area contributed by atoms with Gasteiger partial charge in [-0.1, -0.05) is 174 Å². The third-order valence-corrected chi connectivity index (χ3v) is 10.7. The highest BCUT2D eigenvalue weighted by Gasteiger charge is 2.31. The average Bonchev–Trinajstić information content (AvgIpc) is 3.14. The van der Waals surface area contributed by atoms with E-state index in [2.05, 4.69) is 26.0 Å². The number of likely N-dealkylation sites (N-methyl/N-ethyl adjacent to an activating group) is 1. The lowest BCUT2D eigenvalue weighted by Crippen LogP contribution is -2.50. The molecule has 0 saturated carbocycles. The second kappa shape index (κ2) is 38.9. The Balaban J connectivity index is 4.29. The number of esters is 2. The number of nitrogens with zero attached hydrogens (tertiary/aromatic N) is 1. The molecule has 8 nitrogen and oxygen atoms in total. The first-order chi connectivity index (χ1) is 26.6. The summed E-state index contributed by atoms with van der Waals surface area (Å²) in [6.45, 7) is 4.75. The Labute approximate surface area is 339 Å². The lowest BCUT2D eigenvalue weighted by Gasteiger charge is -2.31. The van der Waals surface area contributed by atoms with Gasteiger partial charge in [0.1, 0.15) is 6.61 Å². The van der Waals surface area contributed by atoms with E-state index >= 15 is 0 Å². The van der Waals surface area contributed by atoms with Crippen LogP contribution in [-0.4, -0.2) is 80.6 Å². The van der Waals surface area contributed by atoms with Gasteiger partial charge in [-0.15, -0.1) is 0 Å². The Morgan fingerprint density at radius 2 is 0.909 bits per heavy atom. The van der Waals surface area contributed by atoms with E-state index in [1.54, 1.807) is 0 Å². The van der Waals surface area contributed by atoms with Crippen molar-refractivity contribution in [2.75, 3.05) is 41.0 Å². The smallest absolute Gasteiger partial charge is 0.362 e. The van der Waals surface area contributed by atoms with Crippen LogP contribution >= 0.6 is 0 Å². The topological polar surface area (TPSA) is 99.1 Å². The first kappa shape index (κ1) is 53.1. The van der Waals surface area contributed by atoms with Crippen LogP contribution < -0.4 is 0 Å². The summed E-state index contributed by atoms with van der Waals surface area (Å²) in [5.74, 6) is -1.46. The van der Waals surface area contributed by atoms with Crippen molar-refractivity contribution in [1.82, 2.24) is 0 Å². The predicted molar refractivity (Wildman–Crippen MR) is 229 cm³/mol. The van der Waals surface area contributed by atoms with Gasteiger partial charge in [0.05, 0.1) is 34.4 Å². The Morgan fingerprint density at radius 3 is 1.31 bits per heavy atom. The van der Waals surface area contributed by atoms with Gasteiger partial charge in [-0.25, -0.2) is 4.79 Å². The zero-order valence-electron chi connectivity index (χ0n) is 36.9. The minimum absolute atomic E-state index is 0.0481. The van der Waals surface area contributed by atoms with Gasteiger partial charge in [-0.05, 0) is 38.5 Å². The molecule has 0 rings (SSSR count). The first-order valence-corrected chi connectivity index (χ1v) is 23.2. The number of quaternary nitrogens is 1. The highest BCUT2D eigenvalue weighted by Crippen LogP contribution is 2.16. The number of allylic oxidation sites excluding steroid dienone is 2. The molecule has 2 unspecified atom stereocenters. The minimum Gasteiger partial charge on any atom is -0.477 e. The van der Waals surface area contributed by atoms with E-state index in [4.69, 9.17) is 14.2 Å². The number of carboxylic acid groups (broad SMARTS) is 1. The van der Waals surface area contributed by atoms with E-state index in [1.807, 2.05) is 21.1 Å².